The summed E-state index contributed by atoms with van der Waals surface area (Å²) in [6.45, 7) is 3.17. The minimum Gasteiger partial charge on any atom is -0.401 e. The second-order valence-corrected chi connectivity index (χ2v) is 5.52. The highest BCUT2D eigenvalue weighted by Gasteiger charge is 2.34. The van der Waals surface area contributed by atoms with E-state index in [9.17, 15) is 14.9 Å². The number of nitro groups is 1. The van der Waals surface area contributed by atoms with Crippen LogP contribution in [-0.2, 0) is 4.79 Å². The van der Waals surface area contributed by atoms with Gasteiger partial charge in [-0.25, -0.2) is 0 Å². The van der Waals surface area contributed by atoms with E-state index in [-0.39, 0.29) is 17.8 Å². The first-order valence-electron chi connectivity index (χ1n) is 7.07. The van der Waals surface area contributed by atoms with Crippen LogP contribution in [0, 0.1) is 16.0 Å². The lowest BCUT2D eigenvalue weighted by atomic mass is 9.84. The Balaban J connectivity index is 1.56. The van der Waals surface area contributed by atoms with Crippen molar-refractivity contribution >= 4 is 17.9 Å². The van der Waals surface area contributed by atoms with Gasteiger partial charge in [-0.15, -0.1) is 0 Å². The molecular weight excluding hydrogens is 274 g/mol. The summed E-state index contributed by atoms with van der Waals surface area (Å²) in [7, 11) is 0. The first-order valence-corrected chi connectivity index (χ1v) is 7.07. The Kier molecular flexibility index (Phi) is 3.74. The van der Waals surface area contributed by atoms with E-state index in [4.69, 9.17) is 4.42 Å². The molecule has 0 radical (unpaired) electrons. The van der Waals surface area contributed by atoms with E-state index in [1.54, 1.807) is 0 Å². The molecule has 1 amide bonds. The maximum absolute atomic E-state index is 11.9. The zero-order valence-electron chi connectivity index (χ0n) is 11.5. The molecule has 0 aliphatic carbocycles. The Morgan fingerprint density at radius 2 is 2.19 bits per heavy atom. The van der Waals surface area contributed by atoms with Crippen LogP contribution in [0.3, 0.4) is 0 Å². The largest absolute Gasteiger partial charge is 0.433 e. The number of piperidine rings is 3. The zero-order chi connectivity index (χ0) is 14.8. The lowest BCUT2D eigenvalue weighted by Crippen LogP contribution is -2.57. The number of fused-ring (bicyclic) bond motifs is 3. The van der Waals surface area contributed by atoms with Gasteiger partial charge in [-0.1, -0.05) is 0 Å². The third-order valence-electron chi connectivity index (χ3n) is 4.18. The van der Waals surface area contributed by atoms with Gasteiger partial charge in [0.2, 0.25) is 5.91 Å². The summed E-state index contributed by atoms with van der Waals surface area (Å²) in [5.41, 5.74) is 0. The molecule has 1 N–H and O–H groups in total. The molecule has 21 heavy (non-hydrogen) atoms. The number of carbonyl (C=O) groups is 1. The van der Waals surface area contributed by atoms with Crippen LogP contribution in [0.5, 0.6) is 0 Å². The van der Waals surface area contributed by atoms with Gasteiger partial charge < -0.3 is 14.6 Å². The van der Waals surface area contributed by atoms with Crippen LogP contribution < -0.4 is 5.32 Å². The van der Waals surface area contributed by atoms with Gasteiger partial charge >= 0.3 is 5.88 Å². The smallest absolute Gasteiger partial charge is 0.401 e. The molecule has 0 aromatic carbocycles. The Labute approximate surface area is 121 Å². The molecule has 2 bridgehead atoms. The summed E-state index contributed by atoms with van der Waals surface area (Å²) in [5, 5.41) is 13.5. The predicted octanol–water partition coefficient (Wildman–Crippen LogP) is 1.41. The highest BCUT2D eigenvalue weighted by atomic mass is 16.6. The highest BCUT2D eigenvalue weighted by Crippen LogP contribution is 2.27. The van der Waals surface area contributed by atoms with Gasteiger partial charge in [-0.05, 0) is 44.0 Å². The molecule has 0 saturated carbocycles. The molecule has 7 nitrogen and oxygen atoms in total. The van der Waals surface area contributed by atoms with Gasteiger partial charge in [0.25, 0.3) is 0 Å². The number of nitrogens with zero attached hydrogens (tertiary/aromatic N) is 2. The Hall–Kier alpha value is -2.15. The second kappa shape index (κ2) is 5.69. The fourth-order valence-corrected chi connectivity index (χ4v) is 3.05. The maximum Gasteiger partial charge on any atom is 0.433 e. The first-order chi connectivity index (χ1) is 10.1. The molecule has 3 aliphatic heterocycles. The van der Waals surface area contributed by atoms with Crippen molar-refractivity contribution in [3.63, 3.8) is 0 Å². The lowest BCUT2D eigenvalue weighted by Gasteiger charge is -2.44. The number of amides is 1. The molecule has 3 saturated heterocycles. The Morgan fingerprint density at radius 1 is 1.43 bits per heavy atom. The van der Waals surface area contributed by atoms with Crippen molar-refractivity contribution in [2.24, 2.45) is 5.92 Å². The van der Waals surface area contributed by atoms with E-state index in [1.807, 2.05) is 0 Å². The number of hydrogen-bond acceptors (Lipinski definition) is 5. The van der Waals surface area contributed by atoms with Crippen LogP contribution in [-0.4, -0.2) is 41.4 Å². The Morgan fingerprint density at radius 3 is 2.76 bits per heavy atom. The Bertz CT molecular complexity index is 573. The molecule has 1 aromatic rings. The lowest BCUT2D eigenvalue weighted by molar-refractivity contribution is -0.402. The van der Waals surface area contributed by atoms with Crippen molar-refractivity contribution in [2.75, 3.05) is 19.6 Å². The minimum absolute atomic E-state index is 0.187. The maximum atomic E-state index is 11.9. The summed E-state index contributed by atoms with van der Waals surface area (Å²) < 4.78 is 4.96. The standard InChI is InChI=1S/C14H17N3O4/c18-13(3-1-11-2-4-14(21-11)17(19)20)15-12-9-16-7-5-10(12)6-8-16/h1-4,10,12H,5-9H2,(H,15,18). The molecule has 0 spiro atoms. The topological polar surface area (TPSA) is 88.6 Å². The highest BCUT2D eigenvalue weighted by molar-refractivity contribution is 5.91. The first kappa shape index (κ1) is 13.8. The summed E-state index contributed by atoms with van der Waals surface area (Å²) >= 11 is 0. The SMILES string of the molecule is O=C(C=Cc1ccc([N+](=O)[O-])o1)NC1CN2CCC1CC2. The van der Waals surface area contributed by atoms with Gasteiger partial charge in [-0.3, -0.25) is 14.9 Å². The summed E-state index contributed by atoms with van der Waals surface area (Å²) in [6, 6.07) is 2.94. The van der Waals surface area contributed by atoms with Gasteiger partial charge in [0.1, 0.15) is 10.7 Å². The van der Waals surface area contributed by atoms with Gasteiger partial charge in [0.15, 0.2) is 0 Å². The molecule has 3 fully saturated rings. The number of carbonyl (C=O) groups excluding carboxylic acids is 1. The molecule has 7 heteroatoms. The third kappa shape index (κ3) is 3.13. The average Bonchev–Trinajstić information content (AvgIpc) is 2.95. The van der Waals surface area contributed by atoms with E-state index in [2.05, 4.69) is 10.2 Å². The number of hydrogen-bond donors (Lipinski definition) is 1. The van der Waals surface area contributed by atoms with Gasteiger partial charge in [0.05, 0.1) is 6.07 Å². The molecule has 1 atom stereocenters. The predicted molar refractivity (Wildman–Crippen MR) is 75.5 cm³/mol. The van der Waals surface area contributed by atoms with E-state index in [0.29, 0.717) is 11.7 Å². The normalized spacial score (nSPS) is 27.9. The van der Waals surface area contributed by atoms with Crippen molar-refractivity contribution in [2.45, 2.75) is 18.9 Å². The van der Waals surface area contributed by atoms with Crippen LogP contribution in [0.4, 0.5) is 5.88 Å². The van der Waals surface area contributed by atoms with Crippen LogP contribution in [0.15, 0.2) is 22.6 Å². The molecule has 1 aromatic heterocycles. The average molecular weight is 291 g/mol. The summed E-state index contributed by atoms with van der Waals surface area (Å²) in [5.74, 6) is 0.350. The molecule has 3 aliphatic rings. The van der Waals surface area contributed by atoms with E-state index < -0.39 is 4.92 Å². The van der Waals surface area contributed by atoms with E-state index in [0.717, 1.165) is 32.5 Å². The number of rotatable bonds is 4. The molecule has 4 heterocycles. The van der Waals surface area contributed by atoms with Gasteiger partial charge in [0, 0.05) is 18.7 Å². The quantitative estimate of drug-likeness (QED) is 0.515. The molecule has 1 unspecified atom stereocenters. The van der Waals surface area contributed by atoms with Crippen LogP contribution in [0.1, 0.15) is 18.6 Å². The summed E-state index contributed by atoms with van der Waals surface area (Å²) in [4.78, 5) is 24.2. The van der Waals surface area contributed by atoms with Crippen molar-refractivity contribution in [3.05, 3.63) is 34.1 Å². The van der Waals surface area contributed by atoms with Crippen molar-refractivity contribution in [3.8, 4) is 0 Å². The minimum atomic E-state index is -0.607. The van der Waals surface area contributed by atoms with Gasteiger partial charge in [-0.2, -0.15) is 0 Å². The van der Waals surface area contributed by atoms with Crippen molar-refractivity contribution in [1.29, 1.82) is 0 Å². The third-order valence-corrected chi connectivity index (χ3v) is 4.18. The second-order valence-electron chi connectivity index (χ2n) is 5.52. The van der Waals surface area contributed by atoms with E-state index >= 15 is 0 Å². The van der Waals surface area contributed by atoms with Crippen LogP contribution >= 0.6 is 0 Å². The molecular formula is C14H17N3O4. The molecule has 112 valence electrons. The fourth-order valence-electron chi connectivity index (χ4n) is 3.05. The van der Waals surface area contributed by atoms with Crippen LogP contribution in [0.25, 0.3) is 6.08 Å². The monoisotopic (exact) mass is 291 g/mol. The van der Waals surface area contributed by atoms with E-state index in [1.165, 1.54) is 24.3 Å². The van der Waals surface area contributed by atoms with Crippen LogP contribution in [0.2, 0.25) is 0 Å². The summed E-state index contributed by atoms with van der Waals surface area (Å²) in [6.07, 6.45) is 5.09. The number of furan rings is 1. The zero-order valence-corrected chi connectivity index (χ0v) is 11.5. The number of nitrogens with one attached hydrogen (secondary N) is 1. The molecule has 4 rings (SSSR count). The van der Waals surface area contributed by atoms with Crippen molar-refractivity contribution in [1.82, 2.24) is 10.2 Å². The van der Waals surface area contributed by atoms with Crippen molar-refractivity contribution < 1.29 is 14.1 Å². The fraction of sp³-hybridized carbons (Fsp3) is 0.500.